The lowest BCUT2D eigenvalue weighted by molar-refractivity contribution is -0.220. The maximum Gasteiger partial charge on any atom is 0.472 e. The van der Waals surface area contributed by atoms with Crippen molar-refractivity contribution in [2.45, 2.75) is 236 Å². The Morgan fingerprint density at radius 3 is 1.42 bits per heavy atom. The van der Waals surface area contributed by atoms with Gasteiger partial charge in [-0.3, -0.25) is 18.6 Å². The monoisotopic (exact) mass is 863 g/mol. The molecule has 346 valence electrons. The maximum absolute atomic E-state index is 12.8. The summed E-state index contributed by atoms with van der Waals surface area (Å²) in [6.07, 6.45) is 24.1. The number of rotatable bonds is 39. The molecule has 14 heteroatoms. The fourth-order valence-electron chi connectivity index (χ4n) is 7.14. The first-order valence-electron chi connectivity index (χ1n) is 23.1. The van der Waals surface area contributed by atoms with E-state index in [-0.39, 0.29) is 12.8 Å². The van der Waals surface area contributed by atoms with Crippen LogP contribution < -0.4 is 0 Å². The van der Waals surface area contributed by atoms with Crippen LogP contribution in [0.3, 0.4) is 0 Å². The summed E-state index contributed by atoms with van der Waals surface area (Å²) >= 11 is 0. The van der Waals surface area contributed by atoms with Gasteiger partial charge in [-0.2, -0.15) is 0 Å². The van der Waals surface area contributed by atoms with Crippen molar-refractivity contribution < 1.29 is 63.1 Å². The van der Waals surface area contributed by atoms with E-state index in [0.717, 1.165) is 57.8 Å². The van der Waals surface area contributed by atoms with E-state index >= 15 is 0 Å². The van der Waals surface area contributed by atoms with Crippen molar-refractivity contribution in [1.29, 1.82) is 0 Å². The van der Waals surface area contributed by atoms with E-state index in [4.69, 9.17) is 18.5 Å². The summed E-state index contributed by atoms with van der Waals surface area (Å²) in [7, 11) is -5.12. The van der Waals surface area contributed by atoms with E-state index in [1.165, 1.54) is 103 Å². The number of aliphatic hydroxyl groups excluding tert-OH is 5. The Bertz CT molecular complexity index is 1120. The highest BCUT2D eigenvalue weighted by molar-refractivity contribution is 7.47. The van der Waals surface area contributed by atoms with Gasteiger partial charge in [0.15, 0.2) is 6.10 Å². The predicted octanol–water partition coefficient (Wildman–Crippen LogP) is 8.84. The molecule has 6 unspecified atom stereocenters. The Labute approximate surface area is 356 Å². The molecule has 6 N–H and O–H groups in total. The Balaban J connectivity index is 2.46. The van der Waals surface area contributed by atoms with Gasteiger partial charge in [0, 0.05) is 12.8 Å². The van der Waals surface area contributed by atoms with Gasteiger partial charge in [0.2, 0.25) is 0 Å². The lowest BCUT2D eigenvalue weighted by Crippen LogP contribution is -2.64. The molecule has 0 spiro atoms. The van der Waals surface area contributed by atoms with Gasteiger partial charge in [0.25, 0.3) is 0 Å². The van der Waals surface area contributed by atoms with E-state index in [9.17, 15) is 44.6 Å². The summed E-state index contributed by atoms with van der Waals surface area (Å²) in [5.41, 5.74) is 0. The summed E-state index contributed by atoms with van der Waals surface area (Å²) in [6, 6.07) is 0. The molecule has 1 aliphatic carbocycles. The SMILES string of the molecule is C=CCCCCCCCCCCCCCCCC(=O)O[C@H](COC(=O)CCCCC/C=C/CCCCCCCCCC)COP(=O)(O)OC1C(O)C(O)C(O)[C@@H](O)C1O. The molecule has 0 aromatic heterocycles. The lowest BCUT2D eigenvalue weighted by atomic mass is 9.85. The van der Waals surface area contributed by atoms with Crippen LogP contribution >= 0.6 is 7.82 Å². The van der Waals surface area contributed by atoms with Gasteiger partial charge in [0.1, 0.15) is 43.2 Å². The first kappa shape index (κ1) is 55.3. The molecule has 0 radical (unpaired) electrons. The molecule has 1 fully saturated rings. The fraction of sp³-hybridized carbons (Fsp3) is 0.867. The van der Waals surface area contributed by atoms with E-state index in [1.807, 2.05) is 6.08 Å². The number of hydrogen-bond acceptors (Lipinski definition) is 12. The number of hydrogen-bond donors (Lipinski definition) is 6. The quantitative estimate of drug-likeness (QED) is 0.0148. The fourth-order valence-corrected chi connectivity index (χ4v) is 8.12. The Kier molecular flexibility index (Phi) is 33.7. The van der Waals surface area contributed by atoms with Gasteiger partial charge in [0.05, 0.1) is 6.61 Å². The molecular formula is C45H83O13P. The van der Waals surface area contributed by atoms with Crippen LogP contribution in [0.4, 0.5) is 0 Å². The standard InChI is InChI=1S/C45H83O13P/c1-3-5-7-9-11-13-15-17-19-21-23-25-27-29-31-33-38(46)55-35-37(36-56-59(53,54)58-45-43(51)41(49)40(48)42(50)44(45)52)57-39(47)34-32-30-28-26-24-22-20-18-16-14-12-10-8-6-4-2/h4,21,23,37,40-45,48-52H,2-3,5-20,22,24-36H2,1H3,(H,53,54)/b23-21+/t37-,40?,41-,42?,43?,44?,45?/m1/s1. The van der Waals surface area contributed by atoms with Crippen molar-refractivity contribution in [1.82, 2.24) is 0 Å². The van der Waals surface area contributed by atoms with Crippen molar-refractivity contribution >= 4 is 19.8 Å². The minimum absolute atomic E-state index is 0.0939. The number of ether oxygens (including phenoxy) is 2. The predicted molar refractivity (Wildman–Crippen MR) is 230 cm³/mol. The Morgan fingerprint density at radius 1 is 0.559 bits per heavy atom. The topological polar surface area (TPSA) is 210 Å². The van der Waals surface area contributed by atoms with E-state index in [0.29, 0.717) is 12.8 Å². The normalized spacial score (nSPS) is 22.3. The minimum atomic E-state index is -5.12. The van der Waals surface area contributed by atoms with Gasteiger partial charge in [-0.1, -0.05) is 147 Å². The van der Waals surface area contributed by atoms with Crippen LogP contribution in [0, 0.1) is 0 Å². The molecule has 13 nitrogen and oxygen atoms in total. The zero-order valence-corrected chi connectivity index (χ0v) is 37.3. The second-order valence-electron chi connectivity index (χ2n) is 16.3. The van der Waals surface area contributed by atoms with Crippen molar-refractivity contribution in [2.24, 2.45) is 0 Å². The molecule has 0 amide bonds. The van der Waals surface area contributed by atoms with Gasteiger partial charge >= 0.3 is 19.8 Å². The second kappa shape index (κ2) is 35.9. The maximum atomic E-state index is 12.8. The first-order chi connectivity index (χ1) is 28.4. The van der Waals surface area contributed by atoms with Crippen molar-refractivity contribution in [3.63, 3.8) is 0 Å². The number of esters is 2. The molecular weight excluding hydrogens is 779 g/mol. The Morgan fingerprint density at radius 2 is 0.949 bits per heavy atom. The summed E-state index contributed by atoms with van der Waals surface area (Å²) in [4.78, 5) is 35.7. The van der Waals surface area contributed by atoms with E-state index < -0.39 is 75.7 Å². The van der Waals surface area contributed by atoms with Gasteiger partial charge in [-0.05, 0) is 51.4 Å². The summed E-state index contributed by atoms with van der Waals surface area (Å²) in [6.45, 7) is 4.82. The van der Waals surface area contributed by atoms with Crippen LogP contribution in [0.25, 0.3) is 0 Å². The molecule has 59 heavy (non-hydrogen) atoms. The molecule has 0 heterocycles. The molecule has 0 aromatic rings. The van der Waals surface area contributed by atoms with Crippen LogP contribution in [-0.2, 0) is 32.7 Å². The largest absolute Gasteiger partial charge is 0.472 e. The zero-order valence-electron chi connectivity index (χ0n) is 36.4. The highest BCUT2D eigenvalue weighted by Gasteiger charge is 2.51. The lowest BCUT2D eigenvalue weighted by Gasteiger charge is -2.41. The summed E-state index contributed by atoms with van der Waals surface area (Å²) in [5.74, 6) is -1.12. The van der Waals surface area contributed by atoms with E-state index in [2.05, 4.69) is 25.7 Å². The third kappa shape index (κ3) is 28.5. The molecule has 0 aromatic carbocycles. The molecule has 8 atom stereocenters. The number of unbranched alkanes of at least 4 members (excludes halogenated alkanes) is 24. The summed E-state index contributed by atoms with van der Waals surface area (Å²) < 4.78 is 33.5. The molecule has 1 rings (SSSR count). The van der Waals surface area contributed by atoms with Gasteiger partial charge < -0.3 is 39.9 Å². The molecule has 0 saturated heterocycles. The third-order valence-electron chi connectivity index (χ3n) is 10.9. The number of allylic oxidation sites excluding steroid dienone is 3. The highest BCUT2D eigenvalue weighted by Crippen LogP contribution is 2.47. The van der Waals surface area contributed by atoms with Crippen LogP contribution in [-0.4, -0.2) is 98.3 Å². The van der Waals surface area contributed by atoms with Crippen LogP contribution in [0.5, 0.6) is 0 Å². The summed E-state index contributed by atoms with van der Waals surface area (Å²) in [5, 5.41) is 50.1. The van der Waals surface area contributed by atoms with E-state index in [1.54, 1.807) is 0 Å². The number of carbonyl (C=O) groups is 2. The highest BCUT2D eigenvalue weighted by atomic mass is 31.2. The Hall–Kier alpha value is -1.67. The number of phosphoric acid groups is 1. The third-order valence-corrected chi connectivity index (χ3v) is 11.9. The number of aliphatic hydroxyl groups is 5. The number of phosphoric ester groups is 1. The molecule has 0 aliphatic heterocycles. The average Bonchev–Trinajstić information content (AvgIpc) is 3.21. The molecule has 1 saturated carbocycles. The second-order valence-corrected chi connectivity index (χ2v) is 17.7. The smallest absolute Gasteiger partial charge is 0.462 e. The average molecular weight is 863 g/mol. The molecule has 1 aliphatic rings. The zero-order chi connectivity index (χ0) is 43.6. The first-order valence-corrected chi connectivity index (χ1v) is 24.6. The van der Waals surface area contributed by atoms with Crippen molar-refractivity contribution in [3.8, 4) is 0 Å². The van der Waals surface area contributed by atoms with Gasteiger partial charge in [-0.25, -0.2) is 4.57 Å². The van der Waals surface area contributed by atoms with Crippen molar-refractivity contribution in [3.05, 3.63) is 24.8 Å². The van der Waals surface area contributed by atoms with Crippen LogP contribution in [0.1, 0.15) is 193 Å². The van der Waals surface area contributed by atoms with Gasteiger partial charge in [-0.15, -0.1) is 6.58 Å². The minimum Gasteiger partial charge on any atom is -0.462 e. The van der Waals surface area contributed by atoms with Crippen LogP contribution in [0.15, 0.2) is 24.8 Å². The number of carbonyl (C=O) groups excluding carboxylic acids is 2. The van der Waals surface area contributed by atoms with Crippen molar-refractivity contribution in [2.75, 3.05) is 13.2 Å². The molecule has 0 bridgehead atoms. The van der Waals surface area contributed by atoms with Crippen LogP contribution in [0.2, 0.25) is 0 Å².